The molecule has 0 atom stereocenters. The molecular weight excluding hydrogens is 236 g/mol. The summed E-state index contributed by atoms with van der Waals surface area (Å²) in [6.45, 7) is 2.29. The lowest BCUT2D eigenvalue weighted by molar-refractivity contribution is 0.816. The second-order valence-corrected chi connectivity index (χ2v) is 5.53. The monoisotopic (exact) mass is 252 g/mol. The summed E-state index contributed by atoms with van der Waals surface area (Å²) in [5, 5.41) is 0. The number of hydrogen-bond donors (Lipinski definition) is 1. The topological polar surface area (TPSA) is 29.3 Å². The number of thioether (sulfide) groups is 1. The average molecular weight is 252 g/mol. The predicted molar refractivity (Wildman–Crippen MR) is 76.5 cm³/mol. The van der Waals surface area contributed by atoms with Gasteiger partial charge in [-0.1, -0.05) is 12.2 Å². The molecule has 1 aliphatic heterocycles. The lowest BCUT2D eigenvalue weighted by Gasteiger charge is -2.22. The van der Waals surface area contributed by atoms with Gasteiger partial charge in [0.25, 0.3) is 0 Å². The maximum Gasteiger partial charge on any atom is 0.103 e. The Morgan fingerprint density at radius 3 is 2.62 bits per heavy atom. The maximum atomic E-state index is 5.58. The third-order valence-corrected chi connectivity index (χ3v) is 4.02. The van der Waals surface area contributed by atoms with Crippen LogP contribution in [-0.2, 0) is 0 Å². The highest BCUT2D eigenvalue weighted by Crippen LogP contribution is 2.19. The van der Waals surface area contributed by atoms with E-state index in [0.29, 0.717) is 4.99 Å². The maximum absolute atomic E-state index is 5.58. The number of rotatable bonds is 2. The van der Waals surface area contributed by atoms with E-state index in [4.69, 9.17) is 18.0 Å². The van der Waals surface area contributed by atoms with Gasteiger partial charge >= 0.3 is 0 Å². The predicted octanol–water partition coefficient (Wildman–Crippen LogP) is 2.26. The van der Waals surface area contributed by atoms with Gasteiger partial charge in [0, 0.05) is 30.1 Å². The molecule has 1 aliphatic rings. The molecule has 1 fully saturated rings. The fourth-order valence-corrected chi connectivity index (χ4v) is 2.86. The molecule has 2 rings (SSSR count). The Balaban J connectivity index is 2.10. The average Bonchev–Trinajstić information content (AvgIpc) is 2.57. The molecule has 1 saturated heterocycles. The van der Waals surface area contributed by atoms with Crippen LogP contribution in [0.15, 0.2) is 24.3 Å². The second-order valence-electron chi connectivity index (χ2n) is 3.86. The van der Waals surface area contributed by atoms with Gasteiger partial charge in [-0.2, -0.15) is 11.8 Å². The zero-order valence-electron chi connectivity index (χ0n) is 9.19. The Labute approximate surface area is 106 Å². The van der Waals surface area contributed by atoms with Crippen LogP contribution < -0.4 is 10.6 Å². The van der Waals surface area contributed by atoms with E-state index in [1.165, 1.54) is 23.6 Å². The summed E-state index contributed by atoms with van der Waals surface area (Å²) in [5.74, 6) is 2.50. The van der Waals surface area contributed by atoms with Crippen molar-refractivity contribution in [3.63, 3.8) is 0 Å². The molecule has 4 heteroatoms. The minimum Gasteiger partial charge on any atom is -0.389 e. The van der Waals surface area contributed by atoms with E-state index in [1.807, 2.05) is 23.9 Å². The molecule has 0 saturated carbocycles. The van der Waals surface area contributed by atoms with Crippen molar-refractivity contribution in [1.82, 2.24) is 0 Å². The molecule has 86 valence electrons. The summed E-state index contributed by atoms with van der Waals surface area (Å²) in [7, 11) is 0. The standard InChI is InChI=1S/C12H16N2S2/c13-12(15)10-2-4-11(5-3-10)14-6-1-8-16-9-7-14/h2-5H,1,6-9H2,(H2,13,15). The third-order valence-electron chi connectivity index (χ3n) is 2.74. The number of nitrogens with two attached hydrogens (primary N) is 1. The number of anilines is 1. The van der Waals surface area contributed by atoms with Crippen molar-refractivity contribution >= 4 is 34.7 Å². The molecule has 0 spiro atoms. The molecule has 0 aromatic heterocycles. The molecule has 0 radical (unpaired) electrons. The van der Waals surface area contributed by atoms with Gasteiger partial charge < -0.3 is 10.6 Å². The van der Waals surface area contributed by atoms with Gasteiger partial charge in [-0.3, -0.25) is 0 Å². The molecule has 1 heterocycles. The number of nitrogens with zero attached hydrogens (tertiary/aromatic N) is 1. The highest BCUT2D eigenvalue weighted by Gasteiger charge is 2.09. The van der Waals surface area contributed by atoms with E-state index >= 15 is 0 Å². The van der Waals surface area contributed by atoms with Crippen molar-refractivity contribution in [3.8, 4) is 0 Å². The van der Waals surface area contributed by atoms with Gasteiger partial charge in [-0.15, -0.1) is 0 Å². The first-order valence-electron chi connectivity index (χ1n) is 5.50. The SMILES string of the molecule is NC(=S)c1ccc(N2CCCSCC2)cc1. The van der Waals surface area contributed by atoms with Gasteiger partial charge in [-0.25, -0.2) is 0 Å². The first kappa shape index (κ1) is 11.7. The molecule has 0 amide bonds. The number of hydrogen-bond acceptors (Lipinski definition) is 3. The lowest BCUT2D eigenvalue weighted by Crippen LogP contribution is -2.25. The highest BCUT2D eigenvalue weighted by molar-refractivity contribution is 7.99. The van der Waals surface area contributed by atoms with Crippen LogP contribution in [0.1, 0.15) is 12.0 Å². The molecule has 1 aromatic rings. The first-order valence-corrected chi connectivity index (χ1v) is 7.06. The Bertz CT molecular complexity index is 354. The molecular formula is C12H16N2S2. The zero-order valence-corrected chi connectivity index (χ0v) is 10.8. The van der Waals surface area contributed by atoms with E-state index in [2.05, 4.69) is 17.0 Å². The largest absolute Gasteiger partial charge is 0.389 e. The Hall–Kier alpha value is -0.740. The summed E-state index contributed by atoms with van der Waals surface area (Å²) in [6.07, 6.45) is 1.27. The summed E-state index contributed by atoms with van der Waals surface area (Å²) in [5.41, 5.74) is 7.81. The van der Waals surface area contributed by atoms with E-state index in [9.17, 15) is 0 Å². The summed E-state index contributed by atoms with van der Waals surface area (Å²) >= 11 is 6.98. The Kier molecular flexibility index (Phi) is 4.07. The minimum atomic E-state index is 0.470. The van der Waals surface area contributed by atoms with Crippen LogP contribution >= 0.6 is 24.0 Å². The van der Waals surface area contributed by atoms with Crippen LogP contribution in [0.25, 0.3) is 0 Å². The molecule has 1 aromatic carbocycles. The Morgan fingerprint density at radius 2 is 1.94 bits per heavy atom. The van der Waals surface area contributed by atoms with Crippen LogP contribution in [-0.4, -0.2) is 29.6 Å². The van der Waals surface area contributed by atoms with E-state index in [1.54, 1.807) is 0 Å². The molecule has 0 unspecified atom stereocenters. The third kappa shape index (κ3) is 2.89. The zero-order chi connectivity index (χ0) is 11.4. The molecule has 2 nitrogen and oxygen atoms in total. The summed E-state index contributed by atoms with van der Waals surface area (Å²) in [4.78, 5) is 2.90. The molecule has 2 N–H and O–H groups in total. The van der Waals surface area contributed by atoms with E-state index < -0.39 is 0 Å². The van der Waals surface area contributed by atoms with Crippen LogP contribution in [0.2, 0.25) is 0 Å². The first-order chi connectivity index (χ1) is 7.77. The van der Waals surface area contributed by atoms with Crippen molar-refractivity contribution in [2.75, 3.05) is 29.5 Å². The summed E-state index contributed by atoms with van der Waals surface area (Å²) in [6, 6.07) is 8.25. The van der Waals surface area contributed by atoms with Crippen LogP contribution in [0.5, 0.6) is 0 Å². The second kappa shape index (κ2) is 5.55. The lowest BCUT2D eigenvalue weighted by atomic mass is 10.2. The van der Waals surface area contributed by atoms with Crippen LogP contribution in [0.3, 0.4) is 0 Å². The van der Waals surface area contributed by atoms with Crippen molar-refractivity contribution in [1.29, 1.82) is 0 Å². The molecule has 16 heavy (non-hydrogen) atoms. The van der Waals surface area contributed by atoms with Crippen molar-refractivity contribution in [3.05, 3.63) is 29.8 Å². The molecule has 0 bridgehead atoms. The number of benzene rings is 1. The molecule has 0 aliphatic carbocycles. The normalized spacial score (nSPS) is 16.9. The highest BCUT2D eigenvalue weighted by atomic mass is 32.2. The quantitative estimate of drug-likeness (QED) is 0.818. The van der Waals surface area contributed by atoms with Crippen LogP contribution in [0.4, 0.5) is 5.69 Å². The van der Waals surface area contributed by atoms with Gasteiger partial charge in [0.05, 0.1) is 0 Å². The summed E-state index contributed by atoms with van der Waals surface area (Å²) < 4.78 is 0. The van der Waals surface area contributed by atoms with Gasteiger partial charge in [-0.05, 0) is 36.4 Å². The van der Waals surface area contributed by atoms with Gasteiger partial charge in [0.15, 0.2) is 0 Å². The fraction of sp³-hybridized carbons (Fsp3) is 0.417. The number of thiocarbonyl (C=S) groups is 1. The van der Waals surface area contributed by atoms with Crippen molar-refractivity contribution in [2.24, 2.45) is 5.73 Å². The van der Waals surface area contributed by atoms with Crippen LogP contribution in [0, 0.1) is 0 Å². The van der Waals surface area contributed by atoms with Gasteiger partial charge in [0.1, 0.15) is 4.99 Å². The van der Waals surface area contributed by atoms with E-state index in [-0.39, 0.29) is 0 Å². The van der Waals surface area contributed by atoms with Gasteiger partial charge in [0.2, 0.25) is 0 Å². The minimum absolute atomic E-state index is 0.470. The van der Waals surface area contributed by atoms with Crippen molar-refractivity contribution in [2.45, 2.75) is 6.42 Å². The van der Waals surface area contributed by atoms with E-state index in [0.717, 1.165) is 18.7 Å². The Morgan fingerprint density at radius 1 is 1.19 bits per heavy atom. The fourth-order valence-electron chi connectivity index (χ4n) is 1.84. The van der Waals surface area contributed by atoms with Crippen molar-refractivity contribution < 1.29 is 0 Å². The smallest absolute Gasteiger partial charge is 0.103 e.